The Morgan fingerprint density at radius 1 is 0.962 bits per heavy atom. The lowest BCUT2D eigenvalue weighted by molar-refractivity contribution is -0.669. The van der Waals surface area contributed by atoms with Crippen LogP contribution >= 0.6 is 11.8 Å². The quantitative estimate of drug-likeness (QED) is 0.553. The van der Waals surface area contributed by atoms with Gasteiger partial charge in [0.15, 0.2) is 0 Å². The van der Waals surface area contributed by atoms with Crippen molar-refractivity contribution in [2.45, 2.75) is 39.1 Å². The Kier molecular flexibility index (Phi) is 4.49. The standard InChI is InChI=1S/C23H25N2S/c1-5-24-19(10-9-18-13-16(3)7-11-20(18)24)15-23-25(6-2)21-12-8-17(4)14-22(21)26-23/h7-15H,5-6H2,1-4H3/q+1. The maximum absolute atomic E-state index is 2.42. The van der Waals surface area contributed by atoms with Crippen LogP contribution in [0.2, 0.25) is 0 Å². The van der Waals surface area contributed by atoms with Crippen LogP contribution in [0.5, 0.6) is 0 Å². The van der Waals surface area contributed by atoms with Crippen LogP contribution in [0.15, 0.2) is 58.5 Å². The first-order valence-corrected chi connectivity index (χ1v) is 10.1. The van der Waals surface area contributed by atoms with Crippen molar-refractivity contribution < 1.29 is 4.57 Å². The molecule has 0 atom stereocenters. The van der Waals surface area contributed by atoms with E-state index in [0.717, 1.165) is 13.1 Å². The predicted octanol–water partition coefficient (Wildman–Crippen LogP) is 5.69. The molecule has 0 saturated heterocycles. The minimum atomic E-state index is 0.961. The number of anilines is 1. The van der Waals surface area contributed by atoms with Gasteiger partial charge in [0, 0.05) is 35.0 Å². The van der Waals surface area contributed by atoms with Crippen LogP contribution in [0, 0.1) is 13.8 Å². The molecule has 2 heterocycles. The number of benzene rings is 2. The third-order valence-electron chi connectivity index (χ3n) is 5.01. The van der Waals surface area contributed by atoms with Crippen molar-refractivity contribution in [2.24, 2.45) is 0 Å². The summed E-state index contributed by atoms with van der Waals surface area (Å²) in [5, 5.41) is 2.61. The number of pyridine rings is 1. The Bertz CT molecular complexity index is 1020. The molecule has 3 heteroatoms. The van der Waals surface area contributed by atoms with Crippen molar-refractivity contribution in [1.82, 2.24) is 0 Å². The van der Waals surface area contributed by atoms with Crippen LogP contribution < -0.4 is 9.47 Å². The van der Waals surface area contributed by atoms with Gasteiger partial charge in [-0.25, -0.2) is 0 Å². The summed E-state index contributed by atoms with van der Waals surface area (Å²) in [4.78, 5) is 3.77. The van der Waals surface area contributed by atoms with E-state index < -0.39 is 0 Å². The van der Waals surface area contributed by atoms with Gasteiger partial charge in [-0.3, -0.25) is 0 Å². The molecule has 2 aromatic carbocycles. The van der Waals surface area contributed by atoms with Crippen LogP contribution in [0.4, 0.5) is 5.69 Å². The minimum Gasteiger partial charge on any atom is -0.335 e. The Morgan fingerprint density at radius 2 is 1.73 bits per heavy atom. The second-order valence-electron chi connectivity index (χ2n) is 6.86. The van der Waals surface area contributed by atoms with Crippen LogP contribution in [0.3, 0.4) is 0 Å². The molecule has 3 aromatic rings. The first kappa shape index (κ1) is 17.2. The molecule has 0 aliphatic carbocycles. The van der Waals surface area contributed by atoms with Crippen LogP contribution in [-0.4, -0.2) is 6.54 Å². The fraction of sp³-hybridized carbons (Fsp3) is 0.261. The lowest BCUT2D eigenvalue weighted by Crippen LogP contribution is -2.37. The third kappa shape index (κ3) is 2.90. The van der Waals surface area contributed by atoms with Crippen molar-refractivity contribution in [1.29, 1.82) is 0 Å². The van der Waals surface area contributed by atoms with Gasteiger partial charge in [0.05, 0.1) is 10.7 Å². The molecule has 0 spiro atoms. The third-order valence-corrected chi connectivity index (χ3v) is 6.10. The summed E-state index contributed by atoms with van der Waals surface area (Å²) in [5.41, 5.74) is 6.51. The number of aromatic nitrogens is 1. The summed E-state index contributed by atoms with van der Waals surface area (Å²) in [6, 6.07) is 17.9. The summed E-state index contributed by atoms with van der Waals surface area (Å²) in [5.74, 6) is 0. The molecule has 0 amide bonds. The van der Waals surface area contributed by atoms with E-state index in [9.17, 15) is 0 Å². The fourth-order valence-electron chi connectivity index (χ4n) is 3.71. The van der Waals surface area contributed by atoms with E-state index in [1.54, 1.807) is 0 Å². The average Bonchev–Trinajstić information content (AvgIpc) is 2.97. The molecule has 0 unspecified atom stereocenters. The maximum Gasteiger partial charge on any atom is 0.212 e. The van der Waals surface area contributed by atoms with Gasteiger partial charge in [-0.2, -0.15) is 4.57 Å². The largest absolute Gasteiger partial charge is 0.335 e. The highest BCUT2D eigenvalue weighted by atomic mass is 32.2. The zero-order chi connectivity index (χ0) is 18.3. The molecule has 26 heavy (non-hydrogen) atoms. The smallest absolute Gasteiger partial charge is 0.212 e. The van der Waals surface area contributed by atoms with E-state index >= 15 is 0 Å². The second-order valence-corrected chi connectivity index (χ2v) is 7.93. The molecule has 132 valence electrons. The summed E-state index contributed by atoms with van der Waals surface area (Å²) < 4.78 is 2.41. The number of thioether (sulfide) groups is 1. The monoisotopic (exact) mass is 361 g/mol. The molecule has 0 radical (unpaired) electrons. The molecule has 0 N–H and O–H groups in total. The highest BCUT2D eigenvalue weighted by Crippen LogP contribution is 2.46. The average molecular weight is 362 g/mol. The number of hydrogen-bond acceptors (Lipinski definition) is 2. The normalized spacial score (nSPS) is 15.1. The molecule has 1 aliphatic rings. The number of hydrogen-bond donors (Lipinski definition) is 0. The van der Waals surface area contributed by atoms with Crippen LogP contribution in [-0.2, 0) is 6.54 Å². The van der Waals surface area contributed by atoms with Gasteiger partial charge in [0.1, 0.15) is 6.54 Å². The van der Waals surface area contributed by atoms with E-state index in [2.05, 4.69) is 91.8 Å². The molecule has 2 nitrogen and oxygen atoms in total. The summed E-state index contributed by atoms with van der Waals surface area (Å²) in [7, 11) is 0. The minimum absolute atomic E-state index is 0.961. The molecule has 4 rings (SSSR count). The molecule has 0 fully saturated rings. The van der Waals surface area contributed by atoms with Crippen molar-refractivity contribution in [3.63, 3.8) is 0 Å². The van der Waals surface area contributed by atoms with Gasteiger partial charge in [-0.1, -0.05) is 29.5 Å². The summed E-state index contributed by atoms with van der Waals surface area (Å²) in [6.45, 7) is 10.7. The highest BCUT2D eigenvalue weighted by Gasteiger charge is 2.25. The van der Waals surface area contributed by atoms with Gasteiger partial charge in [-0.05, 0) is 57.5 Å². The number of rotatable bonds is 3. The van der Waals surface area contributed by atoms with Crippen molar-refractivity contribution >= 4 is 34.4 Å². The summed E-state index contributed by atoms with van der Waals surface area (Å²) in [6.07, 6.45) is 2.34. The number of nitrogens with zero attached hydrogens (tertiary/aromatic N) is 2. The second kappa shape index (κ2) is 6.81. The summed E-state index contributed by atoms with van der Waals surface area (Å²) >= 11 is 1.88. The van der Waals surface area contributed by atoms with Gasteiger partial charge in [0.25, 0.3) is 0 Å². The SMILES string of the molecule is CCN1/C(=C/c2ccc3cc(C)ccc3[n+]2CC)Sc2cc(C)ccc21. The lowest BCUT2D eigenvalue weighted by atomic mass is 10.1. The molecule has 1 aliphatic heterocycles. The topological polar surface area (TPSA) is 7.12 Å². The Hall–Kier alpha value is -2.26. The highest BCUT2D eigenvalue weighted by molar-refractivity contribution is 8.03. The molecular formula is C23H25N2S+. The predicted molar refractivity (Wildman–Crippen MR) is 113 cm³/mol. The van der Waals surface area contributed by atoms with Crippen LogP contribution in [0.25, 0.3) is 17.0 Å². The zero-order valence-electron chi connectivity index (χ0n) is 15.9. The van der Waals surface area contributed by atoms with E-state index in [0.29, 0.717) is 0 Å². The number of aryl methyl sites for hydroxylation is 3. The van der Waals surface area contributed by atoms with Gasteiger partial charge < -0.3 is 4.90 Å². The van der Waals surface area contributed by atoms with E-state index in [1.165, 1.54) is 43.3 Å². The van der Waals surface area contributed by atoms with Gasteiger partial charge in [0.2, 0.25) is 11.2 Å². The fourth-order valence-corrected chi connectivity index (χ4v) is 4.98. The lowest BCUT2D eigenvalue weighted by Gasteiger charge is -2.17. The van der Waals surface area contributed by atoms with Crippen molar-refractivity contribution in [3.05, 3.63) is 70.4 Å². The first-order valence-electron chi connectivity index (χ1n) is 9.31. The molecule has 1 aromatic heterocycles. The Morgan fingerprint density at radius 3 is 2.50 bits per heavy atom. The molecule has 0 bridgehead atoms. The zero-order valence-corrected chi connectivity index (χ0v) is 16.7. The molecular weight excluding hydrogens is 336 g/mol. The molecule has 0 saturated carbocycles. The van der Waals surface area contributed by atoms with E-state index in [1.807, 2.05) is 11.8 Å². The van der Waals surface area contributed by atoms with Crippen LogP contribution in [0.1, 0.15) is 30.7 Å². The Labute approximate surface area is 160 Å². The van der Waals surface area contributed by atoms with E-state index in [-0.39, 0.29) is 0 Å². The van der Waals surface area contributed by atoms with Crippen molar-refractivity contribution in [3.8, 4) is 0 Å². The van der Waals surface area contributed by atoms with Gasteiger partial charge in [-0.15, -0.1) is 0 Å². The maximum atomic E-state index is 2.42. The van der Waals surface area contributed by atoms with Crippen molar-refractivity contribution in [2.75, 3.05) is 11.4 Å². The number of fused-ring (bicyclic) bond motifs is 2. The first-order chi connectivity index (χ1) is 12.6. The Balaban J connectivity index is 1.82. The van der Waals surface area contributed by atoms with Gasteiger partial charge >= 0.3 is 0 Å². The van der Waals surface area contributed by atoms with E-state index in [4.69, 9.17) is 0 Å².